The van der Waals surface area contributed by atoms with Gasteiger partial charge in [-0.25, -0.2) is 0 Å². The van der Waals surface area contributed by atoms with Crippen molar-refractivity contribution in [3.8, 4) is 0 Å². The summed E-state index contributed by atoms with van der Waals surface area (Å²) in [5.74, 6) is 0.0533. The average Bonchev–Trinajstić information content (AvgIpc) is 2.68. The van der Waals surface area contributed by atoms with Crippen LogP contribution in [-0.4, -0.2) is 41.9 Å². The molecule has 0 saturated carbocycles. The summed E-state index contributed by atoms with van der Waals surface area (Å²) >= 11 is 0. The fourth-order valence-electron chi connectivity index (χ4n) is 3.49. The number of non-ortho nitro benzene ring substituents is 1. The predicted octanol–water partition coefficient (Wildman–Crippen LogP) is 2.31. The molecule has 1 aromatic rings. The SMILES string of the molecule is CN1CCC(N2C(=O)C(C)(C)c3cc([N+](=O)[O-])ccc32)CC1. The molecule has 2 heterocycles. The van der Waals surface area contributed by atoms with Crippen molar-refractivity contribution in [2.24, 2.45) is 0 Å². The molecule has 0 unspecified atom stereocenters. The molecule has 0 spiro atoms. The average molecular weight is 303 g/mol. The maximum Gasteiger partial charge on any atom is 0.269 e. The Labute approximate surface area is 129 Å². The number of benzene rings is 1. The number of hydrogen-bond acceptors (Lipinski definition) is 4. The highest BCUT2D eigenvalue weighted by molar-refractivity contribution is 6.08. The molecule has 6 heteroatoms. The molecule has 118 valence electrons. The van der Waals surface area contributed by atoms with Crippen LogP contribution in [0.15, 0.2) is 18.2 Å². The van der Waals surface area contributed by atoms with Gasteiger partial charge in [-0.05, 0) is 58.5 Å². The van der Waals surface area contributed by atoms with Gasteiger partial charge in [0.15, 0.2) is 0 Å². The lowest BCUT2D eigenvalue weighted by molar-refractivity contribution is -0.384. The molecule has 3 rings (SSSR count). The lowest BCUT2D eigenvalue weighted by Gasteiger charge is -2.36. The predicted molar refractivity (Wildman–Crippen MR) is 84.1 cm³/mol. The zero-order valence-corrected chi connectivity index (χ0v) is 13.2. The number of carbonyl (C=O) groups is 1. The molecule has 0 atom stereocenters. The van der Waals surface area contributed by atoms with Gasteiger partial charge in [0, 0.05) is 23.9 Å². The largest absolute Gasteiger partial charge is 0.308 e. The van der Waals surface area contributed by atoms with Crippen LogP contribution in [0.2, 0.25) is 0 Å². The van der Waals surface area contributed by atoms with Crippen molar-refractivity contribution in [2.45, 2.75) is 38.1 Å². The van der Waals surface area contributed by atoms with E-state index < -0.39 is 10.3 Å². The molecule has 0 bridgehead atoms. The Balaban J connectivity index is 2.01. The monoisotopic (exact) mass is 303 g/mol. The highest BCUT2D eigenvalue weighted by Gasteiger charge is 2.47. The summed E-state index contributed by atoms with van der Waals surface area (Å²) in [6.07, 6.45) is 1.88. The van der Waals surface area contributed by atoms with Crippen molar-refractivity contribution in [3.05, 3.63) is 33.9 Å². The van der Waals surface area contributed by atoms with Crippen LogP contribution in [0.4, 0.5) is 11.4 Å². The Bertz CT molecular complexity index is 634. The number of likely N-dealkylation sites (tertiary alicyclic amines) is 1. The highest BCUT2D eigenvalue weighted by atomic mass is 16.6. The van der Waals surface area contributed by atoms with Crippen LogP contribution in [0.3, 0.4) is 0 Å². The van der Waals surface area contributed by atoms with Gasteiger partial charge in [0.25, 0.3) is 5.69 Å². The first-order valence-electron chi connectivity index (χ1n) is 7.63. The zero-order chi connectivity index (χ0) is 16.1. The van der Waals surface area contributed by atoms with E-state index in [-0.39, 0.29) is 17.6 Å². The number of nitro benzene ring substituents is 1. The van der Waals surface area contributed by atoms with Crippen molar-refractivity contribution in [1.29, 1.82) is 0 Å². The second-order valence-corrected chi connectivity index (χ2v) is 6.79. The van der Waals surface area contributed by atoms with Crippen LogP contribution in [0, 0.1) is 10.1 Å². The molecule has 0 aromatic heterocycles. The van der Waals surface area contributed by atoms with Crippen LogP contribution in [-0.2, 0) is 10.2 Å². The van der Waals surface area contributed by atoms with Crippen LogP contribution in [0.25, 0.3) is 0 Å². The summed E-state index contributed by atoms with van der Waals surface area (Å²) in [4.78, 5) is 27.6. The smallest absolute Gasteiger partial charge is 0.269 e. The van der Waals surface area contributed by atoms with E-state index in [2.05, 4.69) is 11.9 Å². The first-order valence-corrected chi connectivity index (χ1v) is 7.63. The molecule has 0 N–H and O–H groups in total. The van der Waals surface area contributed by atoms with Crippen molar-refractivity contribution in [2.75, 3.05) is 25.0 Å². The van der Waals surface area contributed by atoms with Gasteiger partial charge in [-0.2, -0.15) is 0 Å². The molecule has 1 aromatic carbocycles. The minimum absolute atomic E-state index is 0.0462. The Morgan fingerprint density at radius 2 is 1.91 bits per heavy atom. The number of nitrogens with zero attached hydrogens (tertiary/aromatic N) is 3. The fraction of sp³-hybridized carbons (Fsp3) is 0.562. The number of piperidine rings is 1. The second-order valence-electron chi connectivity index (χ2n) is 6.79. The van der Waals surface area contributed by atoms with Gasteiger partial charge < -0.3 is 9.80 Å². The van der Waals surface area contributed by atoms with Gasteiger partial charge in [-0.3, -0.25) is 14.9 Å². The summed E-state index contributed by atoms with van der Waals surface area (Å²) in [5.41, 5.74) is 0.954. The van der Waals surface area contributed by atoms with E-state index >= 15 is 0 Å². The highest BCUT2D eigenvalue weighted by Crippen LogP contribution is 2.45. The molecule has 6 nitrogen and oxygen atoms in total. The van der Waals surface area contributed by atoms with Gasteiger partial charge in [-0.1, -0.05) is 0 Å². The summed E-state index contributed by atoms with van der Waals surface area (Å²) < 4.78 is 0. The molecular weight excluding hydrogens is 282 g/mol. The van der Waals surface area contributed by atoms with E-state index in [0.29, 0.717) is 0 Å². The van der Waals surface area contributed by atoms with E-state index in [9.17, 15) is 14.9 Å². The van der Waals surface area contributed by atoms with Gasteiger partial charge in [0.05, 0.1) is 10.3 Å². The first kappa shape index (κ1) is 15.0. The van der Waals surface area contributed by atoms with Gasteiger partial charge >= 0.3 is 0 Å². The third-order valence-corrected chi connectivity index (χ3v) is 4.93. The normalized spacial score (nSPS) is 22.0. The molecule has 0 aliphatic carbocycles. The van der Waals surface area contributed by atoms with Crippen molar-refractivity contribution >= 4 is 17.3 Å². The lowest BCUT2D eigenvalue weighted by atomic mass is 9.86. The Morgan fingerprint density at radius 1 is 1.27 bits per heavy atom. The topological polar surface area (TPSA) is 66.7 Å². The van der Waals surface area contributed by atoms with Gasteiger partial charge in [-0.15, -0.1) is 0 Å². The number of nitro groups is 1. The number of carbonyl (C=O) groups excluding carboxylic acids is 1. The Morgan fingerprint density at radius 3 is 2.50 bits per heavy atom. The van der Waals surface area contributed by atoms with Crippen molar-refractivity contribution < 1.29 is 9.72 Å². The van der Waals surface area contributed by atoms with E-state index in [4.69, 9.17) is 0 Å². The number of rotatable bonds is 2. The maximum absolute atomic E-state index is 12.9. The number of anilines is 1. The van der Waals surface area contributed by atoms with Crippen LogP contribution >= 0.6 is 0 Å². The second kappa shape index (κ2) is 5.05. The van der Waals surface area contributed by atoms with Gasteiger partial charge in [0.2, 0.25) is 5.91 Å². The zero-order valence-electron chi connectivity index (χ0n) is 13.2. The van der Waals surface area contributed by atoms with Gasteiger partial charge in [0.1, 0.15) is 0 Å². The quantitative estimate of drug-likeness (QED) is 0.621. The molecule has 2 aliphatic heterocycles. The molecular formula is C16H21N3O3. The molecule has 1 fully saturated rings. The lowest BCUT2D eigenvalue weighted by Crippen LogP contribution is -2.47. The molecule has 0 radical (unpaired) electrons. The molecule has 22 heavy (non-hydrogen) atoms. The number of fused-ring (bicyclic) bond motifs is 1. The summed E-state index contributed by atoms with van der Waals surface area (Å²) in [6, 6.07) is 4.97. The van der Waals surface area contributed by atoms with Crippen LogP contribution < -0.4 is 4.90 Å². The standard InChI is InChI=1S/C16H21N3O3/c1-16(2)13-10-12(19(21)22)4-5-14(13)18(15(16)20)11-6-8-17(3)9-7-11/h4-5,10-11H,6-9H2,1-3H3. The third kappa shape index (κ3) is 2.18. The fourth-order valence-corrected chi connectivity index (χ4v) is 3.49. The van der Waals surface area contributed by atoms with Crippen LogP contribution in [0.1, 0.15) is 32.3 Å². The molecule has 1 saturated heterocycles. The molecule has 1 amide bonds. The number of hydrogen-bond donors (Lipinski definition) is 0. The van der Waals surface area contributed by atoms with E-state index in [1.807, 2.05) is 18.7 Å². The number of amides is 1. The summed E-state index contributed by atoms with van der Waals surface area (Å²) in [5, 5.41) is 11.0. The van der Waals surface area contributed by atoms with E-state index in [0.717, 1.165) is 37.2 Å². The Hall–Kier alpha value is -1.95. The summed E-state index contributed by atoms with van der Waals surface area (Å²) in [6.45, 7) is 5.65. The van der Waals surface area contributed by atoms with Crippen molar-refractivity contribution in [1.82, 2.24) is 4.90 Å². The molecule has 2 aliphatic rings. The maximum atomic E-state index is 12.9. The van der Waals surface area contributed by atoms with E-state index in [1.54, 1.807) is 12.1 Å². The summed E-state index contributed by atoms with van der Waals surface area (Å²) in [7, 11) is 2.09. The minimum atomic E-state index is -0.704. The van der Waals surface area contributed by atoms with Crippen molar-refractivity contribution in [3.63, 3.8) is 0 Å². The first-order chi connectivity index (χ1) is 10.3. The van der Waals surface area contributed by atoms with E-state index in [1.165, 1.54) is 6.07 Å². The van der Waals surface area contributed by atoms with Crippen LogP contribution in [0.5, 0.6) is 0 Å². The third-order valence-electron chi connectivity index (χ3n) is 4.93. The Kier molecular flexibility index (Phi) is 3.44. The minimum Gasteiger partial charge on any atom is -0.308 e.